The highest BCUT2D eigenvalue weighted by atomic mass is 35.5. The lowest BCUT2D eigenvalue weighted by molar-refractivity contribution is 0.415. The molecule has 1 aromatic heterocycles. The minimum atomic E-state index is 0.717. The van der Waals surface area contributed by atoms with E-state index in [4.69, 9.17) is 16.3 Å². The maximum atomic E-state index is 6.32. The third kappa shape index (κ3) is 2.91. The number of hydrogen-bond acceptors (Lipinski definition) is 2. The summed E-state index contributed by atoms with van der Waals surface area (Å²) in [5, 5.41) is 0.717. The maximum Gasteiger partial charge on any atom is 0.119 e. The fourth-order valence-electron chi connectivity index (χ4n) is 2.25. The highest BCUT2D eigenvalue weighted by molar-refractivity contribution is 6.33. The first-order valence-corrected chi connectivity index (χ1v) is 7.00. The van der Waals surface area contributed by atoms with E-state index in [-0.39, 0.29) is 0 Å². The molecule has 2 aromatic carbocycles. The number of ether oxygens (including phenoxy) is 1. The highest BCUT2D eigenvalue weighted by Gasteiger charge is 2.07. The fourth-order valence-corrected chi connectivity index (χ4v) is 2.48. The molecule has 3 aromatic rings. The number of methoxy groups -OCH3 is 1. The summed E-state index contributed by atoms with van der Waals surface area (Å²) in [6, 6.07) is 17.9. The molecule has 0 aliphatic rings. The van der Waals surface area contributed by atoms with Gasteiger partial charge in [-0.1, -0.05) is 35.9 Å². The topological polar surface area (TPSA) is 22.1 Å². The van der Waals surface area contributed by atoms with Crippen LogP contribution in [0.15, 0.2) is 67.0 Å². The Kier molecular flexibility index (Phi) is 3.89. The van der Waals surface area contributed by atoms with Crippen LogP contribution in [0.5, 0.6) is 5.75 Å². The van der Waals surface area contributed by atoms with E-state index in [1.807, 2.05) is 48.7 Å². The van der Waals surface area contributed by atoms with Crippen LogP contribution >= 0.6 is 11.6 Å². The number of aromatic nitrogens is 1. The van der Waals surface area contributed by atoms with E-state index in [1.165, 1.54) is 0 Å². The Labute approximate surface area is 129 Å². The number of rotatable bonds is 3. The van der Waals surface area contributed by atoms with Gasteiger partial charge in [-0.05, 0) is 41.5 Å². The summed E-state index contributed by atoms with van der Waals surface area (Å²) in [5.74, 6) is 0.838. The van der Waals surface area contributed by atoms with Gasteiger partial charge in [-0.15, -0.1) is 0 Å². The first-order valence-electron chi connectivity index (χ1n) is 6.62. The van der Waals surface area contributed by atoms with Gasteiger partial charge in [-0.3, -0.25) is 4.98 Å². The number of benzene rings is 2. The van der Waals surface area contributed by atoms with Crippen LogP contribution in [0.2, 0.25) is 5.02 Å². The van der Waals surface area contributed by atoms with Gasteiger partial charge in [0.15, 0.2) is 0 Å². The second-order valence-corrected chi connectivity index (χ2v) is 5.08. The molecule has 3 heteroatoms. The molecule has 104 valence electrons. The van der Waals surface area contributed by atoms with Crippen LogP contribution in [0.25, 0.3) is 22.3 Å². The van der Waals surface area contributed by atoms with Crippen LogP contribution in [0.1, 0.15) is 0 Å². The van der Waals surface area contributed by atoms with Crippen molar-refractivity contribution in [2.45, 2.75) is 0 Å². The van der Waals surface area contributed by atoms with Crippen LogP contribution in [0.4, 0.5) is 0 Å². The summed E-state index contributed by atoms with van der Waals surface area (Å²) >= 11 is 6.32. The van der Waals surface area contributed by atoms with Crippen molar-refractivity contribution in [3.05, 3.63) is 72.0 Å². The number of pyridine rings is 1. The molecule has 0 aliphatic carbocycles. The average Bonchev–Trinajstić information content (AvgIpc) is 2.56. The molecule has 1 heterocycles. The predicted octanol–water partition coefficient (Wildman–Crippen LogP) is 5.08. The Bertz CT molecular complexity index is 756. The summed E-state index contributed by atoms with van der Waals surface area (Å²) in [5.41, 5.74) is 4.17. The maximum absolute atomic E-state index is 6.32. The van der Waals surface area contributed by atoms with Crippen molar-refractivity contribution in [2.75, 3.05) is 7.11 Å². The predicted molar refractivity (Wildman–Crippen MR) is 86.7 cm³/mol. The van der Waals surface area contributed by atoms with E-state index in [9.17, 15) is 0 Å². The van der Waals surface area contributed by atoms with E-state index in [0.717, 1.165) is 33.0 Å². The molecule has 0 saturated carbocycles. The summed E-state index contributed by atoms with van der Waals surface area (Å²) in [6.45, 7) is 0. The van der Waals surface area contributed by atoms with E-state index >= 15 is 0 Å². The largest absolute Gasteiger partial charge is 0.497 e. The molecule has 21 heavy (non-hydrogen) atoms. The second-order valence-electron chi connectivity index (χ2n) is 4.67. The van der Waals surface area contributed by atoms with Crippen LogP contribution < -0.4 is 4.74 Å². The van der Waals surface area contributed by atoms with Crippen LogP contribution in [-0.4, -0.2) is 12.1 Å². The van der Waals surface area contributed by atoms with Gasteiger partial charge in [0.25, 0.3) is 0 Å². The van der Waals surface area contributed by atoms with Crippen molar-refractivity contribution in [1.29, 1.82) is 0 Å². The van der Waals surface area contributed by atoms with Gasteiger partial charge in [0.05, 0.1) is 7.11 Å². The van der Waals surface area contributed by atoms with Crippen LogP contribution in [0.3, 0.4) is 0 Å². The van der Waals surface area contributed by atoms with E-state index in [0.29, 0.717) is 0 Å². The standard InChI is InChI=1S/C18H14ClNO/c1-21-16-6-2-4-13(10-16)14-7-8-18(19)17(11-14)15-5-3-9-20-12-15/h2-12H,1H3. The van der Waals surface area contributed by atoms with Crippen molar-refractivity contribution in [1.82, 2.24) is 4.98 Å². The molecule has 3 rings (SSSR count). The molecule has 2 nitrogen and oxygen atoms in total. The van der Waals surface area contributed by atoms with Crippen molar-refractivity contribution in [3.63, 3.8) is 0 Å². The van der Waals surface area contributed by atoms with Crippen molar-refractivity contribution in [3.8, 4) is 28.0 Å². The molecule has 0 fully saturated rings. The van der Waals surface area contributed by atoms with Gasteiger partial charge in [-0.25, -0.2) is 0 Å². The minimum Gasteiger partial charge on any atom is -0.497 e. The first kappa shape index (κ1) is 13.7. The van der Waals surface area contributed by atoms with E-state index < -0.39 is 0 Å². The van der Waals surface area contributed by atoms with Crippen molar-refractivity contribution < 1.29 is 4.74 Å². The third-order valence-corrected chi connectivity index (χ3v) is 3.67. The molecule has 0 atom stereocenters. The number of halogens is 1. The zero-order valence-electron chi connectivity index (χ0n) is 11.6. The molecule has 0 spiro atoms. The molecule has 0 aliphatic heterocycles. The lowest BCUT2D eigenvalue weighted by Gasteiger charge is -2.09. The Morgan fingerprint density at radius 3 is 2.48 bits per heavy atom. The van der Waals surface area contributed by atoms with Crippen LogP contribution in [-0.2, 0) is 0 Å². The molecule has 0 unspecified atom stereocenters. The molecule has 0 radical (unpaired) electrons. The van der Waals surface area contributed by atoms with E-state index in [2.05, 4.69) is 17.1 Å². The Morgan fingerprint density at radius 1 is 0.905 bits per heavy atom. The molecule has 0 saturated heterocycles. The van der Waals surface area contributed by atoms with Gasteiger partial charge in [0.1, 0.15) is 5.75 Å². The van der Waals surface area contributed by atoms with Gasteiger partial charge >= 0.3 is 0 Å². The first-order chi connectivity index (χ1) is 10.3. The van der Waals surface area contributed by atoms with E-state index in [1.54, 1.807) is 13.3 Å². The normalized spacial score (nSPS) is 10.4. The zero-order valence-corrected chi connectivity index (χ0v) is 12.3. The Morgan fingerprint density at radius 2 is 1.71 bits per heavy atom. The highest BCUT2D eigenvalue weighted by Crippen LogP contribution is 2.33. The molecule has 0 bridgehead atoms. The smallest absolute Gasteiger partial charge is 0.119 e. The summed E-state index contributed by atoms with van der Waals surface area (Å²) in [4.78, 5) is 4.15. The second kappa shape index (κ2) is 5.98. The number of nitrogens with zero attached hydrogens (tertiary/aromatic N) is 1. The molecule has 0 N–H and O–H groups in total. The van der Waals surface area contributed by atoms with Gasteiger partial charge in [0, 0.05) is 28.5 Å². The lowest BCUT2D eigenvalue weighted by atomic mass is 10.00. The zero-order chi connectivity index (χ0) is 14.7. The average molecular weight is 296 g/mol. The monoisotopic (exact) mass is 295 g/mol. The Balaban J connectivity index is 2.09. The lowest BCUT2D eigenvalue weighted by Crippen LogP contribution is -1.86. The summed E-state index contributed by atoms with van der Waals surface area (Å²) in [7, 11) is 1.67. The summed E-state index contributed by atoms with van der Waals surface area (Å²) in [6.07, 6.45) is 3.57. The van der Waals surface area contributed by atoms with Gasteiger partial charge in [0.2, 0.25) is 0 Å². The molecular formula is C18H14ClNO. The van der Waals surface area contributed by atoms with Crippen molar-refractivity contribution in [2.24, 2.45) is 0 Å². The fraction of sp³-hybridized carbons (Fsp3) is 0.0556. The number of hydrogen-bond donors (Lipinski definition) is 0. The Hall–Kier alpha value is -2.32. The van der Waals surface area contributed by atoms with Crippen LogP contribution in [0, 0.1) is 0 Å². The molecule has 0 amide bonds. The van der Waals surface area contributed by atoms with Gasteiger partial charge < -0.3 is 4.74 Å². The molecular weight excluding hydrogens is 282 g/mol. The quantitative estimate of drug-likeness (QED) is 0.672. The minimum absolute atomic E-state index is 0.717. The SMILES string of the molecule is COc1cccc(-c2ccc(Cl)c(-c3cccnc3)c2)c1. The van der Waals surface area contributed by atoms with Gasteiger partial charge in [-0.2, -0.15) is 0 Å². The summed E-state index contributed by atoms with van der Waals surface area (Å²) < 4.78 is 5.28. The third-order valence-electron chi connectivity index (χ3n) is 3.34. The van der Waals surface area contributed by atoms with Crippen molar-refractivity contribution >= 4 is 11.6 Å².